The van der Waals surface area contributed by atoms with Crippen molar-refractivity contribution in [3.63, 3.8) is 0 Å². The molecule has 10 heteroatoms. The van der Waals surface area contributed by atoms with Gasteiger partial charge in [-0.3, -0.25) is 9.59 Å². The summed E-state index contributed by atoms with van der Waals surface area (Å²) >= 11 is 0.958. The van der Waals surface area contributed by atoms with Crippen LogP contribution >= 0.6 is 11.3 Å². The highest BCUT2D eigenvalue weighted by molar-refractivity contribution is 7.18. The van der Waals surface area contributed by atoms with Gasteiger partial charge in [0.2, 0.25) is 5.91 Å². The number of nitrogens with two attached hydrogens (primary N) is 1. The topological polar surface area (TPSA) is 129 Å². The first-order valence-electron chi connectivity index (χ1n) is 8.65. The molecule has 1 aliphatic heterocycles. The zero-order valence-electron chi connectivity index (χ0n) is 15.5. The number of methoxy groups -OCH3 is 1. The second-order valence-electron chi connectivity index (χ2n) is 6.07. The van der Waals surface area contributed by atoms with Gasteiger partial charge in [0, 0.05) is 20.3 Å². The lowest BCUT2D eigenvalue weighted by Crippen LogP contribution is -2.33. The number of primary amides is 1. The molecule has 1 aromatic heterocycles. The predicted molar refractivity (Wildman–Crippen MR) is 100 cm³/mol. The highest BCUT2D eigenvalue weighted by atomic mass is 32.1. The Morgan fingerprint density at radius 1 is 1.33 bits per heavy atom. The lowest BCUT2D eigenvalue weighted by atomic mass is 10.1. The number of carbonyl (C=O) groups excluding carboxylic acids is 3. The molecule has 0 bridgehead atoms. The SMILES string of the molecule is COCCOC(=O)c1c(NC(=O)CNC[C@H]2CCCO2)sc(C(N)=O)c1C. The Morgan fingerprint density at radius 3 is 2.74 bits per heavy atom. The quantitative estimate of drug-likeness (QED) is 0.389. The standard InChI is InChI=1S/C17H25N3O6S/c1-10-13(17(23)26-7-6-24-2)16(27-14(10)15(18)22)20-12(21)9-19-8-11-4-3-5-25-11/h11,19H,3-9H2,1-2H3,(H2,18,22)(H,20,21)/t11-/m1/s1. The van der Waals surface area contributed by atoms with Gasteiger partial charge < -0.3 is 30.6 Å². The van der Waals surface area contributed by atoms with E-state index >= 15 is 0 Å². The van der Waals surface area contributed by atoms with E-state index < -0.39 is 11.9 Å². The van der Waals surface area contributed by atoms with Crippen molar-refractivity contribution in [1.82, 2.24) is 5.32 Å². The summed E-state index contributed by atoms with van der Waals surface area (Å²) in [5.74, 6) is -1.65. The van der Waals surface area contributed by atoms with Crippen molar-refractivity contribution < 1.29 is 28.6 Å². The molecule has 9 nitrogen and oxygen atoms in total. The maximum absolute atomic E-state index is 12.4. The number of rotatable bonds is 10. The highest BCUT2D eigenvalue weighted by Gasteiger charge is 2.26. The van der Waals surface area contributed by atoms with Crippen LogP contribution in [0.3, 0.4) is 0 Å². The lowest BCUT2D eigenvalue weighted by Gasteiger charge is -2.11. The first-order valence-corrected chi connectivity index (χ1v) is 9.47. The molecule has 0 spiro atoms. The van der Waals surface area contributed by atoms with Gasteiger partial charge in [-0.05, 0) is 25.3 Å². The lowest BCUT2D eigenvalue weighted by molar-refractivity contribution is -0.115. The number of ether oxygens (including phenoxy) is 3. The van der Waals surface area contributed by atoms with Gasteiger partial charge >= 0.3 is 5.97 Å². The third-order valence-electron chi connectivity index (χ3n) is 4.03. The molecule has 2 heterocycles. The van der Waals surface area contributed by atoms with Crippen LogP contribution < -0.4 is 16.4 Å². The minimum atomic E-state index is -0.666. The van der Waals surface area contributed by atoms with Gasteiger partial charge in [0.05, 0.1) is 29.7 Å². The fourth-order valence-corrected chi connectivity index (χ4v) is 3.76. The number of hydrogen-bond acceptors (Lipinski definition) is 8. The Balaban J connectivity index is 2.02. The third-order valence-corrected chi connectivity index (χ3v) is 5.25. The molecule has 2 rings (SSSR count). The molecule has 2 amide bonds. The number of nitrogens with one attached hydrogen (secondary N) is 2. The minimum Gasteiger partial charge on any atom is -0.460 e. The molecule has 0 aromatic carbocycles. The highest BCUT2D eigenvalue weighted by Crippen LogP contribution is 2.33. The minimum absolute atomic E-state index is 0.0564. The maximum Gasteiger partial charge on any atom is 0.341 e. The molecular weight excluding hydrogens is 374 g/mol. The Labute approximate surface area is 161 Å². The summed E-state index contributed by atoms with van der Waals surface area (Å²) < 4.78 is 15.4. The molecular formula is C17H25N3O6S. The molecule has 1 aromatic rings. The van der Waals surface area contributed by atoms with Crippen LogP contribution in [0.25, 0.3) is 0 Å². The third kappa shape index (κ3) is 5.99. The van der Waals surface area contributed by atoms with Crippen LogP contribution in [0.15, 0.2) is 0 Å². The molecule has 1 fully saturated rings. The summed E-state index contributed by atoms with van der Waals surface area (Å²) in [6, 6.07) is 0. The van der Waals surface area contributed by atoms with Crippen LogP contribution in [-0.2, 0) is 19.0 Å². The summed E-state index contributed by atoms with van der Waals surface area (Å²) in [6.07, 6.45) is 2.12. The Bertz CT molecular complexity index is 684. The molecule has 4 N–H and O–H groups in total. The number of esters is 1. The van der Waals surface area contributed by atoms with Crippen molar-refractivity contribution in [2.75, 3.05) is 45.3 Å². The van der Waals surface area contributed by atoms with E-state index in [9.17, 15) is 14.4 Å². The smallest absolute Gasteiger partial charge is 0.341 e. The van der Waals surface area contributed by atoms with Crippen LogP contribution in [0.1, 0.15) is 38.4 Å². The van der Waals surface area contributed by atoms with Crippen molar-refractivity contribution in [1.29, 1.82) is 0 Å². The molecule has 0 aliphatic carbocycles. The first kappa shape index (κ1) is 21.3. The number of thiophene rings is 1. The van der Waals surface area contributed by atoms with Crippen molar-refractivity contribution >= 4 is 34.1 Å². The van der Waals surface area contributed by atoms with E-state index in [1.807, 2.05) is 0 Å². The molecule has 0 saturated carbocycles. The van der Waals surface area contributed by atoms with Gasteiger partial charge in [0.15, 0.2) is 0 Å². The molecule has 1 atom stereocenters. The largest absolute Gasteiger partial charge is 0.460 e. The van der Waals surface area contributed by atoms with Gasteiger partial charge in [-0.1, -0.05) is 0 Å². The van der Waals surface area contributed by atoms with E-state index in [0.717, 1.165) is 30.8 Å². The zero-order valence-corrected chi connectivity index (χ0v) is 16.3. The molecule has 0 unspecified atom stereocenters. The van der Waals surface area contributed by atoms with Gasteiger partial charge in [-0.25, -0.2) is 4.79 Å². The van der Waals surface area contributed by atoms with E-state index in [0.29, 0.717) is 12.1 Å². The number of anilines is 1. The number of amides is 2. The van der Waals surface area contributed by atoms with Crippen LogP contribution in [0, 0.1) is 6.92 Å². The van der Waals surface area contributed by atoms with Crippen molar-refractivity contribution in [3.8, 4) is 0 Å². The zero-order chi connectivity index (χ0) is 19.8. The van der Waals surface area contributed by atoms with Crippen LogP contribution in [-0.4, -0.2) is 63.9 Å². The van der Waals surface area contributed by atoms with Gasteiger partial charge in [-0.15, -0.1) is 11.3 Å². The molecule has 27 heavy (non-hydrogen) atoms. The average molecular weight is 399 g/mol. The van der Waals surface area contributed by atoms with Crippen molar-refractivity contribution in [2.24, 2.45) is 5.73 Å². The number of carbonyl (C=O) groups is 3. The summed E-state index contributed by atoms with van der Waals surface area (Å²) in [5, 5.41) is 5.93. The van der Waals surface area contributed by atoms with Crippen LogP contribution in [0.2, 0.25) is 0 Å². The van der Waals surface area contributed by atoms with E-state index in [2.05, 4.69) is 10.6 Å². The first-order chi connectivity index (χ1) is 12.9. The van der Waals surface area contributed by atoms with E-state index in [4.69, 9.17) is 19.9 Å². The summed E-state index contributed by atoms with van der Waals surface area (Å²) in [7, 11) is 1.49. The van der Waals surface area contributed by atoms with Crippen molar-refractivity contribution in [3.05, 3.63) is 16.0 Å². The Morgan fingerprint density at radius 2 is 2.11 bits per heavy atom. The molecule has 1 saturated heterocycles. The molecule has 150 valence electrons. The number of hydrogen-bond donors (Lipinski definition) is 3. The fraction of sp³-hybridized carbons (Fsp3) is 0.588. The normalized spacial score (nSPS) is 16.3. The van der Waals surface area contributed by atoms with Crippen LogP contribution in [0.5, 0.6) is 0 Å². The summed E-state index contributed by atoms with van der Waals surface area (Å²) in [5.41, 5.74) is 5.88. The predicted octanol–water partition coefficient (Wildman–Crippen LogP) is 0.666. The van der Waals surface area contributed by atoms with Gasteiger partial charge in [0.1, 0.15) is 11.6 Å². The van der Waals surface area contributed by atoms with Gasteiger partial charge in [0.25, 0.3) is 5.91 Å². The Kier molecular flexibility index (Phi) is 8.17. The van der Waals surface area contributed by atoms with Crippen molar-refractivity contribution in [2.45, 2.75) is 25.9 Å². The molecule has 0 radical (unpaired) electrons. The van der Waals surface area contributed by atoms with Gasteiger partial charge in [-0.2, -0.15) is 0 Å². The second-order valence-corrected chi connectivity index (χ2v) is 7.09. The second kappa shape index (κ2) is 10.4. The monoisotopic (exact) mass is 399 g/mol. The maximum atomic E-state index is 12.4. The van der Waals surface area contributed by atoms with E-state index in [-0.39, 0.29) is 47.2 Å². The average Bonchev–Trinajstić information content (AvgIpc) is 3.23. The molecule has 1 aliphatic rings. The van der Waals surface area contributed by atoms with Crippen LogP contribution in [0.4, 0.5) is 5.00 Å². The van der Waals surface area contributed by atoms with E-state index in [1.54, 1.807) is 6.92 Å². The fourth-order valence-electron chi connectivity index (χ4n) is 2.70. The summed E-state index contributed by atoms with van der Waals surface area (Å²) in [4.78, 5) is 36.4. The summed E-state index contributed by atoms with van der Waals surface area (Å²) in [6.45, 7) is 3.28. The van der Waals surface area contributed by atoms with E-state index in [1.165, 1.54) is 7.11 Å². The Hall–Kier alpha value is -2.01.